The lowest BCUT2D eigenvalue weighted by Gasteiger charge is -2.15. The summed E-state index contributed by atoms with van der Waals surface area (Å²) in [6.45, 7) is 6.65. The Hall–Kier alpha value is -2.10. The normalized spacial score (nSPS) is 12.3. The summed E-state index contributed by atoms with van der Waals surface area (Å²) in [5.74, 6) is -1.32. The number of hydrogen-bond acceptors (Lipinski definition) is 2. The minimum Gasteiger partial charge on any atom is -0.481 e. The van der Waals surface area contributed by atoms with Crippen molar-refractivity contribution in [2.24, 2.45) is 0 Å². The van der Waals surface area contributed by atoms with E-state index in [0.29, 0.717) is 6.42 Å². The van der Waals surface area contributed by atoms with Crippen molar-refractivity contribution >= 4 is 5.97 Å². The molecule has 1 unspecified atom stereocenters. The van der Waals surface area contributed by atoms with Gasteiger partial charge in [-0.05, 0) is 38.0 Å². The van der Waals surface area contributed by atoms with Crippen LogP contribution in [0.2, 0.25) is 0 Å². The van der Waals surface area contributed by atoms with Crippen LogP contribution in [0, 0.1) is 13.8 Å². The second-order valence-electron chi connectivity index (χ2n) is 5.04. The first-order valence-corrected chi connectivity index (χ1v) is 6.84. The topological polar surface area (TPSA) is 55.1 Å². The van der Waals surface area contributed by atoms with Gasteiger partial charge in [0.25, 0.3) is 0 Å². The van der Waals surface area contributed by atoms with Crippen molar-refractivity contribution in [1.82, 2.24) is 9.78 Å². The molecule has 0 aliphatic heterocycles. The van der Waals surface area contributed by atoms with Gasteiger partial charge in [0, 0.05) is 18.7 Å². The Balaban J connectivity index is 2.36. The quantitative estimate of drug-likeness (QED) is 0.910. The second-order valence-corrected chi connectivity index (χ2v) is 5.04. The van der Waals surface area contributed by atoms with Crippen LogP contribution in [0.1, 0.15) is 35.4 Å². The molecule has 0 bridgehead atoms. The zero-order chi connectivity index (χ0) is 14.7. The number of hydrogen-bond donors (Lipinski definition) is 1. The average Bonchev–Trinajstić information content (AvgIpc) is 2.77. The van der Waals surface area contributed by atoms with Crippen molar-refractivity contribution in [3.63, 3.8) is 0 Å². The summed E-state index contributed by atoms with van der Waals surface area (Å²) >= 11 is 0. The number of rotatable bonds is 5. The number of carboxylic acids is 1. The van der Waals surface area contributed by atoms with Gasteiger partial charge in [0.05, 0.1) is 11.6 Å². The predicted molar refractivity (Wildman–Crippen MR) is 77.9 cm³/mol. The van der Waals surface area contributed by atoms with E-state index in [9.17, 15) is 9.90 Å². The fourth-order valence-corrected chi connectivity index (χ4v) is 2.55. The minimum atomic E-state index is -0.791. The number of benzene rings is 1. The number of carboxylic acid groups (broad SMARTS) is 1. The van der Waals surface area contributed by atoms with Gasteiger partial charge < -0.3 is 5.11 Å². The van der Waals surface area contributed by atoms with Gasteiger partial charge in [-0.1, -0.05) is 24.3 Å². The molecule has 0 saturated heterocycles. The van der Waals surface area contributed by atoms with E-state index in [4.69, 9.17) is 0 Å². The Morgan fingerprint density at radius 3 is 2.65 bits per heavy atom. The number of nitrogens with zero attached hydrogens (tertiary/aromatic N) is 2. The molecule has 2 rings (SSSR count). The minimum absolute atomic E-state index is 0.467. The largest absolute Gasteiger partial charge is 0.481 e. The van der Waals surface area contributed by atoms with E-state index >= 15 is 0 Å². The SMILES string of the molecule is CCn1nc(C)cc1CC(C(=O)O)c1ccccc1C. The first-order chi connectivity index (χ1) is 9.52. The lowest BCUT2D eigenvalue weighted by Crippen LogP contribution is -2.17. The summed E-state index contributed by atoms with van der Waals surface area (Å²) in [7, 11) is 0. The molecule has 4 heteroatoms. The van der Waals surface area contributed by atoms with Crippen LogP contribution in [0.5, 0.6) is 0 Å². The van der Waals surface area contributed by atoms with E-state index in [1.54, 1.807) is 0 Å². The van der Waals surface area contributed by atoms with Crippen LogP contribution >= 0.6 is 0 Å². The molecule has 20 heavy (non-hydrogen) atoms. The molecule has 0 aliphatic rings. The van der Waals surface area contributed by atoms with Gasteiger partial charge in [0.15, 0.2) is 0 Å². The molecule has 0 fully saturated rings. The molecular weight excluding hydrogens is 252 g/mol. The van der Waals surface area contributed by atoms with Gasteiger partial charge in [-0.3, -0.25) is 9.48 Å². The molecule has 1 N–H and O–H groups in total. The summed E-state index contributed by atoms with van der Waals surface area (Å²) < 4.78 is 1.88. The monoisotopic (exact) mass is 272 g/mol. The first-order valence-electron chi connectivity index (χ1n) is 6.84. The molecular formula is C16H20N2O2. The van der Waals surface area contributed by atoms with E-state index in [-0.39, 0.29) is 0 Å². The smallest absolute Gasteiger partial charge is 0.311 e. The molecule has 0 spiro atoms. The Morgan fingerprint density at radius 1 is 1.35 bits per heavy atom. The summed E-state index contributed by atoms with van der Waals surface area (Å²) in [6.07, 6.45) is 0.467. The highest BCUT2D eigenvalue weighted by molar-refractivity contribution is 5.77. The second kappa shape index (κ2) is 5.90. The predicted octanol–water partition coefficient (Wildman–Crippen LogP) is 2.93. The lowest BCUT2D eigenvalue weighted by atomic mass is 9.91. The zero-order valence-electron chi connectivity index (χ0n) is 12.1. The van der Waals surface area contributed by atoms with Crippen LogP contribution in [0.15, 0.2) is 30.3 Å². The first kappa shape index (κ1) is 14.3. The van der Waals surface area contributed by atoms with Crippen LogP contribution in [0.4, 0.5) is 0 Å². The van der Waals surface area contributed by atoms with Crippen molar-refractivity contribution in [2.45, 2.75) is 39.7 Å². The Morgan fingerprint density at radius 2 is 2.05 bits per heavy atom. The highest BCUT2D eigenvalue weighted by Gasteiger charge is 2.23. The molecule has 106 valence electrons. The maximum Gasteiger partial charge on any atom is 0.311 e. The van der Waals surface area contributed by atoms with E-state index < -0.39 is 11.9 Å². The average molecular weight is 272 g/mol. The van der Waals surface area contributed by atoms with Crippen molar-refractivity contribution in [1.29, 1.82) is 0 Å². The molecule has 0 saturated carbocycles. The van der Waals surface area contributed by atoms with Gasteiger partial charge in [-0.15, -0.1) is 0 Å². The van der Waals surface area contributed by atoms with Crippen molar-refractivity contribution in [3.8, 4) is 0 Å². The van der Waals surface area contributed by atoms with Crippen molar-refractivity contribution in [3.05, 3.63) is 52.8 Å². The van der Waals surface area contributed by atoms with Gasteiger partial charge in [-0.25, -0.2) is 0 Å². The number of aliphatic carboxylic acids is 1. The number of aryl methyl sites for hydroxylation is 3. The molecule has 1 atom stereocenters. The fourth-order valence-electron chi connectivity index (χ4n) is 2.55. The summed E-state index contributed by atoms with van der Waals surface area (Å²) in [5.41, 5.74) is 3.79. The standard InChI is InChI=1S/C16H20N2O2/c1-4-18-13(9-12(3)17-18)10-15(16(19)20)14-8-6-5-7-11(14)2/h5-9,15H,4,10H2,1-3H3,(H,19,20). The molecule has 0 amide bonds. The van der Waals surface area contributed by atoms with Crippen molar-refractivity contribution < 1.29 is 9.90 Å². The Kier molecular flexibility index (Phi) is 4.23. The molecule has 1 aromatic carbocycles. The third kappa shape index (κ3) is 2.90. The van der Waals surface area contributed by atoms with Crippen LogP contribution in [-0.4, -0.2) is 20.9 Å². The van der Waals surface area contributed by atoms with E-state index in [0.717, 1.165) is 29.1 Å². The van der Waals surface area contributed by atoms with E-state index in [2.05, 4.69) is 5.10 Å². The van der Waals surface area contributed by atoms with Crippen molar-refractivity contribution in [2.75, 3.05) is 0 Å². The molecule has 4 nitrogen and oxygen atoms in total. The third-order valence-corrected chi connectivity index (χ3v) is 3.56. The van der Waals surface area contributed by atoms with E-state index in [1.807, 2.05) is 55.8 Å². The summed E-state index contributed by atoms with van der Waals surface area (Å²) in [4.78, 5) is 11.6. The lowest BCUT2D eigenvalue weighted by molar-refractivity contribution is -0.138. The molecule has 0 aliphatic carbocycles. The Labute approximate surface area is 119 Å². The van der Waals surface area contributed by atoms with Crippen LogP contribution in [-0.2, 0) is 17.8 Å². The summed E-state index contributed by atoms with van der Waals surface area (Å²) in [6, 6.07) is 9.64. The fraction of sp³-hybridized carbons (Fsp3) is 0.375. The van der Waals surface area contributed by atoms with Crippen LogP contribution in [0.25, 0.3) is 0 Å². The maximum absolute atomic E-state index is 11.6. The molecule has 0 radical (unpaired) electrons. The molecule has 2 aromatic rings. The highest BCUT2D eigenvalue weighted by atomic mass is 16.4. The third-order valence-electron chi connectivity index (χ3n) is 3.56. The molecule has 1 heterocycles. The van der Waals surface area contributed by atoms with Gasteiger partial charge in [-0.2, -0.15) is 5.10 Å². The van der Waals surface area contributed by atoms with Crippen LogP contribution in [0.3, 0.4) is 0 Å². The number of carbonyl (C=O) groups is 1. The van der Waals surface area contributed by atoms with Gasteiger partial charge in [0.1, 0.15) is 0 Å². The highest BCUT2D eigenvalue weighted by Crippen LogP contribution is 2.24. The number of aromatic nitrogens is 2. The maximum atomic E-state index is 11.6. The van der Waals surface area contributed by atoms with Gasteiger partial charge in [0.2, 0.25) is 0 Å². The van der Waals surface area contributed by atoms with E-state index in [1.165, 1.54) is 0 Å². The Bertz CT molecular complexity index is 617. The summed E-state index contributed by atoms with van der Waals surface area (Å²) in [5, 5.41) is 13.9. The molecule has 1 aromatic heterocycles. The van der Waals surface area contributed by atoms with Gasteiger partial charge >= 0.3 is 5.97 Å². The van der Waals surface area contributed by atoms with Crippen LogP contribution < -0.4 is 0 Å². The zero-order valence-corrected chi connectivity index (χ0v) is 12.1.